The van der Waals surface area contributed by atoms with Crippen LogP contribution in [0.2, 0.25) is 5.02 Å². The summed E-state index contributed by atoms with van der Waals surface area (Å²) in [5, 5.41) is 12.8. The fourth-order valence-corrected chi connectivity index (χ4v) is 3.42. The van der Waals surface area contributed by atoms with Crippen molar-refractivity contribution < 1.29 is 14.3 Å². The first-order chi connectivity index (χ1) is 15.5. The normalized spacial score (nSPS) is 16.0. The molecule has 8 nitrogen and oxygen atoms in total. The van der Waals surface area contributed by atoms with Crippen molar-refractivity contribution in [3.8, 4) is 17.7 Å². The van der Waals surface area contributed by atoms with Gasteiger partial charge in [-0.3, -0.25) is 14.0 Å². The summed E-state index contributed by atoms with van der Waals surface area (Å²) in [4.78, 5) is 30.1. The van der Waals surface area contributed by atoms with Crippen LogP contribution < -0.4 is 15.6 Å². The van der Waals surface area contributed by atoms with Crippen LogP contribution in [0.1, 0.15) is 18.4 Å². The Morgan fingerprint density at radius 1 is 1.34 bits per heavy atom. The number of carbonyl (C=O) groups excluding carboxylic acids is 1. The van der Waals surface area contributed by atoms with Crippen molar-refractivity contribution in [3.05, 3.63) is 75.2 Å². The molecule has 1 N–H and O–H groups in total. The molecule has 4 rings (SSSR count). The number of benzene rings is 1. The molecule has 2 aromatic heterocycles. The number of rotatable bonds is 6. The lowest BCUT2D eigenvalue weighted by Crippen LogP contribution is -2.32. The van der Waals surface area contributed by atoms with E-state index in [1.807, 2.05) is 6.07 Å². The lowest BCUT2D eigenvalue weighted by molar-refractivity contribution is -0.117. The first kappa shape index (κ1) is 21.6. The molecule has 1 fully saturated rings. The number of fused-ring (bicyclic) bond motifs is 1. The summed E-state index contributed by atoms with van der Waals surface area (Å²) in [5.74, 6) is -0.223. The van der Waals surface area contributed by atoms with Crippen LogP contribution in [0.4, 0.5) is 0 Å². The van der Waals surface area contributed by atoms with Crippen molar-refractivity contribution in [1.29, 1.82) is 5.26 Å². The summed E-state index contributed by atoms with van der Waals surface area (Å²) in [6, 6.07) is 13.5. The number of nitrogens with one attached hydrogen (secondary N) is 1. The van der Waals surface area contributed by atoms with Crippen molar-refractivity contribution in [2.24, 2.45) is 0 Å². The maximum absolute atomic E-state index is 13.2. The topological polar surface area (TPSA) is 106 Å². The number of pyridine rings is 1. The third-order valence-electron chi connectivity index (χ3n) is 4.93. The van der Waals surface area contributed by atoms with Gasteiger partial charge in [-0.05, 0) is 55.3 Å². The van der Waals surface area contributed by atoms with Crippen molar-refractivity contribution in [2.45, 2.75) is 18.9 Å². The van der Waals surface area contributed by atoms with Gasteiger partial charge < -0.3 is 14.8 Å². The van der Waals surface area contributed by atoms with Crippen LogP contribution in [0.25, 0.3) is 11.7 Å². The zero-order valence-electron chi connectivity index (χ0n) is 17.0. The van der Waals surface area contributed by atoms with Crippen LogP contribution in [0.3, 0.4) is 0 Å². The van der Waals surface area contributed by atoms with Gasteiger partial charge in [0.25, 0.3) is 11.5 Å². The molecule has 0 saturated carbocycles. The second kappa shape index (κ2) is 9.64. The van der Waals surface area contributed by atoms with Crippen LogP contribution in [0, 0.1) is 11.3 Å². The van der Waals surface area contributed by atoms with E-state index in [0.717, 1.165) is 12.8 Å². The molecule has 162 valence electrons. The van der Waals surface area contributed by atoms with E-state index in [0.29, 0.717) is 29.6 Å². The number of nitrogens with zero attached hydrogens (tertiary/aromatic N) is 3. The van der Waals surface area contributed by atoms with Crippen molar-refractivity contribution in [2.75, 3.05) is 13.2 Å². The molecule has 1 aliphatic rings. The maximum atomic E-state index is 13.2. The smallest absolute Gasteiger partial charge is 0.269 e. The Hall–Kier alpha value is -3.67. The molecule has 0 spiro atoms. The van der Waals surface area contributed by atoms with Gasteiger partial charge in [0.2, 0.25) is 5.88 Å². The minimum absolute atomic E-state index is 0.0209. The molecule has 0 radical (unpaired) electrons. The number of hydrogen-bond donors (Lipinski definition) is 1. The van der Waals surface area contributed by atoms with E-state index >= 15 is 0 Å². The quantitative estimate of drug-likeness (QED) is 0.456. The molecule has 9 heteroatoms. The first-order valence-corrected chi connectivity index (χ1v) is 10.4. The van der Waals surface area contributed by atoms with E-state index in [2.05, 4.69) is 10.3 Å². The number of ether oxygens (including phenoxy) is 2. The number of aromatic nitrogens is 2. The third kappa shape index (κ3) is 4.80. The zero-order chi connectivity index (χ0) is 22.5. The average molecular weight is 451 g/mol. The Labute approximate surface area is 188 Å². The summed E-state index contributed by atoms with van der Waals surface area (Å²) in [6.07, 6.45) is 4.46. The monoisotopic (exact) mass is 450 g/mol. The summed E-state index contributed by atoms with van der Waals surface area (Å²) < 4.78 is 12.6. The molecule has 3 heterocycles. The van der Waals surface area contributed by atoms with Crippen LogP contribution in [0.15, 0.2) is 59.0 Å². The van der Waals surface area contributed by atoms with E-state index in [-0.39, 0.29) is 23.1 Å². The Bertz CT molecular complexity index is 1270. The van der Waals surface area contributed by atoms with Gasteiger partial charge in [0.05, 0.1) is 6.10 Å². The molecular weight excluding hydrogens is 432 g/mol. The first-order valence-electron chi connectivity index (χ1n) is 10.0. The summed E-state index contributed by atoms with van der Waals surface area (Å²) in [7, 11) is 0. The minimum atomic E-state index is -0.599. The lowest BCUT2D eigenvalue weighted by atomic mass is 10.1. The van der Waals surface area contributed by atoms with Gasteiger partial charge in [-0.1, -0.05) is 17.7 Å². The molecule has 1 unspecified atom stereocenters. The Morgan fingerprint density at radius 3 is 2.88 bits per heavy atom. The standard InChI is InChI=1S/C23H19ClN4O4/c24-16-6-8-17(9-7-16)32-22-19(23(30)28-10-2-1-5-20(28)27-22)12-15(13-25)21(29)26-14-18-4-3-11-31-18/h1-2,5-10,12,18H,3-4,11,14H2,(H,26,29). The minimum Gasteiger partial charge on any atom is -0.438 e. The predicted molar refractivity (Wildman–Crippen MR) is 119 cm³/mol. The van der Waals surface area contributed by atoms with Gasteiger partial charge in [0, 0.05) is 24.4 Å². The van der Waals surface area contributed by atoms with E-state index in [4.69, 9.17) is 21.1 Å². The van der Waals surface area contributed by atoms with E-state index in [1.54, 1.807) is 48.7 Å². The van der Waals surface area contributed by atoms with E-state index < -0.39 is 11.5 Å². The predicted octanol–water partition coefficient (Wildman–Crippen LogP) is 3.34. The van der Waals surface area contributed by atoms with Gasteiger partial charge >= 0.3 is 0 Å². The van der Waals surface area contributed by atoms with Crippen molar-refractivity contribution >= 4 is 29.2 Å². The molecule has 1 aliphatic heterocycles. The molecule has 0 bridgehead atoms. The fourth-order valence-electron chi connectivity index (χ4n) is 3.30. The van der Waals surface area contributed by atoms with E-state index in [1.165, 1.54) is 10.5 Å². The van der Waals surface area contributed by atoms with Crippen molar-refractivity contribution in [1.82, 2.24) is 14.7 Å². The van der Waals surface area contributed by atoms with Gasteiger partial charge in [0.1, 0.15) is 28.6 Å². The lowest BCUT2D eigenvalue weighted by Gasteiger charge is -2.11. The Balaban J connectivity index is 1.72. The van der Waals surface area contributed by atoms with Gasteiger partial charge in [-0.2, -0.15) is 10.2 Å². The van der Waals surface area contributed by atoms with E-state index in [9.17, 15) is 14.9 Å². The highest BCUT2D eigenvalue weighted by Crippen LogP contribution is 2.25. The fraction of sp³-hybridized carbons (Fsp3) is 0.217. The third-order valence-corrected chi connectivity index (χ3v) is 5.18. The zero-order valence-corrected chi connectivity index (χ0v) is 17.7. The second-order valence-electron chi connectivity index (χ2n) is 7.14. The molecule has 3 aromatic rings. The Kier molecular flexibility index (Phi) is 6.50. The number of halogens is 1. The van der Waals surface area contributed by atoms with Gasteiger partial charge in [0.15, 0.2) is 0 Å². The van der Waals surface area contributed by atoms with Crippen LogP contribution in [-0.2, 0) is 9.53 Å². The van der Waals surface area contributed by atoms with Gasteiger partial charge in [-0.25, -0.2) is 0 Å². The highest BCUT2D eigenvalue weighted by molar-refractivity contribution is 6.30. The van der Waals surface area contributed by atoms with Crippen molar-refractivity contribution in [3.63, 3.8) is 0 Å². The van der Waals surface area contributed by atoms with Crippen LogP contribution in [-0.4, -0.2) is 34.5 Å². The number of hydrogen-bond acceptors (Lipinski definition) is 6. The summed E-state index contributed by atoms with van der Waals surface area (Å²) in [5.41, 5.74) is -0.370. The molecule has 1 atom stereocenters. The summed E-state index contributed by atoms with van der Waals surface area (Å²) in [6.45, 7) is 0.952. The highest BCUT2D eigenvalue weighted by atomic mass is 35.5. The molecule has 1 aromatic carbocycles. The molecular formula is C23H19ClN4O4. The number of carbonyl (C=O) groups is 1. The van der Waals surface area contributed by atoms with Gasteiger partial charge in [-0.15, -0.1) is 0 Å². The van der Waals surface area contributed by atoms with Crippen LogP contribution in [0.5, 0.6) is 11.6 Å². The molecule has 1 amide bonds. The number of amides is 1. The Morgan fingerprint density at radius 2 is 2.16 bits per heavy atom. The largest absolute Gasteiger partial charge is 0.438 e. The highest BCUT2D eigenvalue weighted by Gasteiger charge is 2.20. The maximum Gasteiger partial charge on any atom is 0.269 e. The second-order valence-corrected chi connectivity index (χ2v) is 7.57. The molecule has 0 aliphatic carbocycles. The molecule has 1 saturated heterocycles. The number of nitriles is 1. The summed E-state index contributed by atoms with van der Waals surface area (Å²) >= 11 is 5.93. The van der Waals surface area contributed by atoms with Crippen LogP contribution >= 0.6 is 11.6 Å². The average Bonchev–Trinajstić information content (AvgIpc) is 3.33. The molecule has 32 heavy (non-hydrogen) atoms. The SMILES string of the molecule is N#CC(=Cc1c(Oc2ccc(Cl)cc2)nc2ccccn2c1=O)C(=O)NCC1CCCO1.